The van der Waals surface area contributed by atoms with Crippen LogP contribution < -0.4 is 9.47 Å². The second-order valence-corrected chi connectivity index (χ2v) is 9.37. The molecule has 0 N–H and O–H groups in total. The van der Waals surface area contributed by atoms with Crippen LogP contribution in [0.4, 0.5) is 0 Å². The molecule has 1 aliphatic heterocycles. The lowest BCUT2D eigenvalue weighted by Crippen LogP contribution is -2.16. The number of halogens is 1. The number of hydrogen-bond acceptors (Lipinski definition) is 7. The molecule has 0 aliphatic carbocycles. The first kappa shape index (κ1) is 18.0. The summed E-state index contributed by atoms with van der Waals surface area (Å²) in [5.74, 6) is 0.907. The zero-order chi connectivity index (χ0) is 18.2. The Morgan fingerprint density at radius 1 is 1.16 bits per heavy atom. The van der Waals surface area contributed by atoms with Crippen LogP contribution in [0, 0.1) is 0 Å². The summed E-state index contributed by atoms with van der Waals surface area (Å²) in [6, 6.07) is 3.20. The Hall–Kier alpha value is -1.80. The summed E-state index contributed by atoms with van der Waals surface area (Å²) in [5, 5.41) is 4.17. The highest BCUT2D eigenvalue weighted by molar-refractivity contribution is 7.89. The highest BCUT2D eigenvalue weighted by Gasteiger charge is 2.25. The van der Waals surface area contributed by atoms with Crippen molar-refractivity contribution >= 4 is 21.4 Å². The van der Waals surface area contributed by atoms with Gasteiger partial charge in [-0.15, -0.1) is 0 Å². The number of nitrogens with zero attached hydrogens (tertiary/aromatic N) is 2. The lowest BCUT2D eigenvalue weighted by molar-refractivity contribution is 0.171. The van der Waals surface area contributed by atoms with E-state index in [-0.39, 0.29) is 22.8 Å². The van der Waals surface area contributed by atoms with Crippen molar-refractivity contribution in [1.29, 1.82) is 0 Å². The number of rotatable bonds is 4. The molecule has 0 unspecified atom stereocenters. The third-order valence-corrected chi connectivity index (χ3v) is 5.27. The number of ether oxygens (including phenoxy) is 2. The molecular weight excluding hydrogens is 368 g/mol. The van der Waals surface area contributed by atoms with Gasteiger partial charge in [-0.05, 0) is 17.7 Å². The van der Waals surface area contributed by atoms with E-state index in [4.69, 9.17) is 25.6 Å². The van der Waals surface area contributed by atoms with E-state index in [9.17, 15) is 8.42 Å². The van der Waals surface area contributed by atoms with Crippen LogP contribution >= 0.6 is 11.6 Å². The van der Waals surface area contributed by atoms with E-state index in [1.807, 2.05) is 20.8 Å². The molecule has 0 saturated heterocycles. The largest absolute Gasteiger partial charge is 0.486 e. The van der Waals surface area contributed by atoms with Gasteiger partial charge in [0.15, 0.2) is 27.2 Å². The van der Waals surface area contributed by atoms with Gasteiger partial charge in [0.2, 0.25) is 5.89 Å². The monoisotopic (exact) mass is 386 g/mol. The van der Waals surface area contributed by atoms with Gasteiger partial charge in [0.1, 0.15) is 19.0 Å². The van der Waals surface area contributed by atoms with Gasteiger partial charge in [0, 0.05) is 5.41 Å². The van der Waals surface area contributed by atoms with E-state index in [0.29, 0.717) is 41.1 Å². The van der Waals surface area contributed by atoms with Gasteiger partial charge in [0.25, 0.3) is 0 Å². The number of sulfone groups is 1. The van der Waals surface area contributed by atoms with Crippen molar-refractivity contribution in [1.82, 2.24) is 10.1 Å². The minimum atomic E-state index is -3.51. The second kappa shape index (κ2) is 6.49. The second-order valence-electron chi connectivity index (χ2n) is 6.90. The lowest BCUT2D eigenvalue weighted by Gasteiger charge is -2.20. The molecule has 2 heterocycles. The molecule has 3 rings (SSSR count). The Morgan fingerprint density at radius 3 is 2.56 bits per heavy atom. The third kappa shape index (κ3) is 4.24. The maximum atomic E-state index is 12.5. The average Bonchev–Trinajstić information content (AvgIpc) is 2.94. The molecule has 0 radical (unpaired) electrons. The van der Waals surface area contributed by atoms with Crippen molar-refractivity contribution in [2.75, 3.05) is 13.2 Å². The number of aromatic nitrogens is 2. The molecule has 0 saturated carbocycles. The van der Waals surface area contributed by atoms with Crippen LogP contribution in [0.15, 0.2) is 16.7 Å². The molecule has 9 heteroatoms. The summed E-state index contributed by atoms with van der Waals surface area (Å²) in [6.45, 7) is 6.59. The standard InChI is InChI=1S/C16H19ClN2O5S/c1-16(2,3)15-18-13(24-19-15)9-25(20,21)8-10-6-11(17)14-12(7-10)22-4-5-23-14/h6-7H,4-5,8-9H2,1-3H3. The SMILES string of the molecule is CC(C)(C)c1noc(CS(=O)(=O)Cc2cc(Cl)c3c(c2)OCCO3)n1. The van der Waals surface area contributed by atoms with Gasteiger partial charge in [0.05, 0.1) is 10.8 Å². The summed E-state index contributed by atoms with van der Waals surface area (Å²) in [6.07, 6.45) is 0. The fraction of sp³-hybridized carbons (Fsp3) is 0.500. The van der Waals surface area contributed by atoms with Crippen LogP contribution in [0.3, 0.4) is 0 Å². The molecule has 25 heavy (non-hydrogen) atoms. The lowest BCUT2D eigenvalue weighted by atomic mass is 9.96. The first-order valence-electron chi connectivity index (χ1n) is 7.75. The van der Waals surface area contributed by atoms with Crippen molar-refractivity contribution in [3.05, 3.63) is 34.4 Å². The highest BCUT2D eigenvalue weighted by Crippen LogP contribution is 2.38. The van der Waals surface area contributed by atoms with Crippen LogP contribution in [0.1, 0.15) is 38.0 Å². The molecule has 7 nitrogen and oxygen atoms in total. The van der Waals surface area contributed by atoms with Crippen molar-refractivity contribution in [2.45, 2.75) is 37.7 Å². The summed E-state index contributed by atoms with van der Waals surface area (Å²) in [5.41, 5.74) is 0.208. The Morgan fingerprint density at radius 2 is 1.88 bits per heavy atom. The molecule has 0 atom stereocenters. The first-order valence-corrected chi connectivity index (χ1v) is 9.95. The first-order chi connectivity index (χ1) is 11.6. The summed E-state index contributed by atoms with van der Waals surface area (Å²) < 4.78 is 40.9. The van der Waals surface area contributed by atoms with E-state index in [2.05, 4.69) is 10.1 Å². The van der Waals surface area contributed by atoms with Gasteiger partial charge in [-0.2, -0.15) is 4.98 Å². The molecule has 0 fully saturated rings. The van der Waals surface area contributed by atoms with E-state index in [0.717, 1.165) is 0 Å². The predicted molar refractivity (Wildman–Crippen MR) is 91.8 cm³/mol. The van der Waals surface area contributed by atoms with Crippen molar-refractivity contribution in [2.24, 2.45) is 0 Å². The van der Waals surface area contributed by atoms with Gasteiger partial charge in [-0.3, -0.25) is 0 Å². The van der Waals surface area contributed by atoms with Gasteiger partial charge >= 0.3 is 0 Å². The van der Waals surface area contributed by atoms with Gasteiger partial charge < -0.3 is 14.0 Å². The van der Waals surface area contributed by atoms with Crippen molar-refractivity contribution in [3.63, 3.8) is 0 Å². The molecule has 0 spiro atoms. The minimum Gasteiger partial charge on any atom is -0.486 e. The van der Waals surface area contributed by atoms with Crippen molar-refractivity contribution in [3.8, 4) is 11.5 Å². The van der Waals surface area contributed by atoms with E-state index < -0.39 is 9.84 Å². The Labute approximate surface area is 151 Å². The molecule has 1 aliphatic rings. The number of fused-ring (bicyclic) bond motifs is 1. The van der Waals surface area contributed by atoms with Gasteiger partial charge in [-0.25, -0.2) is 8.42 Å². The molecule has 0 bridgehead atoms. The average molecular weight is 387 g/mol. The molecule has 136 valence electrons. The number of hydrogen-bond donors (Lipinski definition) is 0. The van der Waals surface area contributed by atoms with Crippen LogP contribution in [0.5, 0.6) is 11.5 Å². The Balaban J connectivity index is 1.78. The minimum absolute atomic E-state index is 0.0774. The fourth-order valence-corrected chi connectivity index (χ4v) is 3.92. The summed E-state index contributed by atoms with van der Waals surface area (Å²) in [7, 11) is -3.51. The maximum Gasteiger partial charge on any atom is 0.241 e. The van der Waals surface area contributed by atoms with Gasteiger partial charge in [-0.1, -0.05) is 37.5 Å². The molecule has 1 aromatic heterocycles. The zero-order valence-corrected chi connectivity index (χ0v) is 15.8. The fourth-order valence-electron chi connectivity index (χ4n) is 2.36. The Bertz CT molecular complexity index is 886. The smallest absolute Gasteiger partial charge is 0.241 e. The molecule has 1 aromatic carbocycles. The van der Waals surface area contributed by atoms with Crippen LogP contribution in [-0.4, -0.2) is 31.8 Å². The normalized spacial score (nSPS) is 14.6. The number of benzene rings is 1. The van der Waals surface area contributed by atoms with Crippen LogP contribution in [-0.2, 0) is 26.8 Å². The van der Waals surface area contributed by atoms with Crippen LogP contribution in [0.2, 0.25) is 5.02 Å². The topological polar surface area (TPSA) is 91.5 Å². The summed E-state index contributed by atoms with van der Waals surface area (Å²) in [4.78, 5) is 4.17. The molecule has 2 aromatic rings. The molecule has 0 amide bonds. The van der Waals surface area contributed by atoms with E-state index >= 15 is 0 Å². The summed E-state index contributed by atoms with van der Waals surface area (Å²) >= 11 is 6.15. The zero-order valence-electron chi connectivity index (χ0n) is 14.2. The maximum absolute atomic E-state index is 12.5. The highest BCUT2D eigenvalue weighted by atomic mass is 35.5. The third-order valence-electron chi connectivity index (χ3n) is 3.53. The predicted octanol–water partition coefficient (Wildman–Crippen LogP) is 2.91. The molecular formula is C16H19ClN2O5S. The quantitative estimate of drug-likeness (QED) is 0.797. The van der Waals surface area contributed by atoms with Crippen LogP contribution in [0.25, 0.3) is 0 Å². The van der Waals surface area contributed by atoms with Crippen molar-refractivity contribution < 1.29 is 22.4 Å². The van der Waals surface area contributed by atoms with E-state index in [1.165, 1.54) is 0 Å². The van der Waals surface area contributed by atoms with E-state index in [1.54, 1.807) is 12.1 Å². The Kier molecular flexibility index (Phi) is 4.68.